The lowest BCUT2D eigenvalue weighted by Gasteiger charge is -2.17. The van der Waals surface area contributed by atoms with Gasteiger partial charge in [-0.3, -0.25) is 14.6 Å². The molecule has 1 aromatic heterocycles. The Bertz CT molecular complexity index is 996. The predicted octanol–water partition coefficient (Wildman–Crippen LogP) is 4.40. The van der Waals surface area contributed by atoms with Crippen molar-refractivity contribution in [2.45, 2.75) is 0 Å². The first-order chi connectivity index (χ1) is 13.0. The van der Waals surface area contributed by atoms with Crippen molar-refractivity contribution in [1.29, 1.82) is 0 Å². The van der Waals surface area contributed by atoms with Gasteiger partial charge in [0.25, 0.3) is 11.8 Å². The minimum absolute atomic E-state index is 0.0978. The highest BCUT2D eigenvalue weighted by molar-refractivity contribution is 6.31. The summed E-state index contributed by atoms with van der Waals surface area (Å²) in [6.45, 7) is 0. The van der Waals surface area contributed by atoms with E-state index in [-0.39, 0.29) is 22.1 Å². The van der Waals surface area contributed by atoms with Gasteiger partial charge in [-0.1, -0.05) is 29.8 Å². The van der Waals surface area contributed by atoms with Gasteiger partial charge in [0.15, 0.2) is 0 Å². The molecule has 0 saturated heterocycles. The fourth-order valence-electron chi connectivity index (χ4n) is 2.42. The summed E-state index contributed by atoms with van der Waals surface area (Å²) in [5.74, 6) is -1.36. The molecule has 1 N–H and O–H groups in total. The fraction of sp³-hybridized carbons (Fsp3) is 0.0500. The van der Waals surface area contributed by atoms with E-state index in [0.29, 0.717) is 5.69 Å². The normalized spacial score (nSPS) is 10.3. The number of pyridine rings is 1. The summed E-state index contributed by atoms with van der Waals surface area (Å²) in [4.78, 5) is 30.5. The van der Waals surface area contributed by atoms with Crippen LogP contribution in [0.15, 0.2) is 67.0 Å². The summed E-state index contributed by atoms with van der Waals surface area (Å²) >= 11 is 5.71. The Labute approximate surface area is 160 Å². The maximum Gasteiger partial charge on any atom is 0.259 e. The molecule has 0 spiro atoms. The maximum absolute atomic E-state index is 13.2. The Morgan fingerprint density at radius 1 is 1.04 bits per heavy atom. The zero-order chi connectivity index (χ0) is 19.4. The van der Waals surface area contributed by atoms with Gasteiger partial charge in [-0.05, 0) is 36.4 Å². The van der Waals surface area contributed by atoms with E-state index in [1.54, 1.807) is 19.2 Å². The number of nitrogens with zero attached hydrogens (tertiary/aromatic N) is 2. The molecule has 5 nitrogen and oxygen atoms in total. The van der Waals surface area contributed by atoms with Crippen LogP contribution in [0.4, 0.5) is 15.8 Å². The first-order valence-electron chi connectivity index (χ1n) is 8.00. The first kappa shape index (κ1) is 18.5. The van der Waals surface area contributed by atoms with Crippen molar-refractivity contribution in [3.05, 3.63) is 89.0 Å². The molecule has 2 amide bonds. The molecule has 0 bridgehead atoms. The Kier molecular flexibility index (Phi) is 5.47. The molecule has 0 atom stereocenters. The third-order valence-electron chi connectivity index (χ3n) is 3.87. The summed E-state index contributed by atoms with van der Waals surface area (Å²) in [6.07, 6.45) is 2.74. The third-order valence-corrected chi connectivity index (χ3v) is 4.16. The molecule has 0 fully saturated rings. The minimum atomic E-state index is -0.576. The monoisotopic (exact) mass is 383 g/mol. The molecule has 0 saturated carbocycles. The molecule has 0 aliphatic rings. The van der Waals surface area contributed by atoms with Gasteiger partial charge in [0.2, 0.25) is 0 Å². The highest BCUT2D eigenvalue weighted by Gasteiger charge is 2.16. The van der Waals surface area contributed by atoms with Crippen LogP contribution >= 0.6 is 11.6 Å². The summed E-state index contributed by atoms with van der Waals surface area (Å²) < 4.78 is 13.2. The van der Waals surface area contributed by atoms with Gasteiger partial charge in [0, 0.05) is 30.8 Å². The van der Waals surface area contributed by atoms with Crippen molar-refractivity contribution >= 4 is 34.8 Å². The number of anilines is 2. The van der Waals surface area contributed by atoms with E-state index in [1.807, 2.05) is 18.2 Å². The van der Waals surface area contributed by atoms with E-state index in [9.17, 15) is 14.0 Å². The second-order valence-electron chi connectivity index (χ2n) is 5.75. The molecule has 3 rings (SSSR count). The number of carbonyl (C=O) groups excluding carboxylic acids is 2. The van der Waals surface area contributed by atoms with Crippen LogP contribution in [0.5, 0.6) is 0 Å². The zero-order valence-corrected chi connectivity index (χ0v) is 15.1. The Hall–Kier alpha value is -3.25. The number of carbonyl (C=O) groups is 2. The Morgan fingerprint density at radius 2 is 1.74 bits per heavy atom. The van der Waals surface area contributed by atoms with Crippen LogP contribution < -0.4 is 10.2 Å². The van der Waals surface area contributed by atoms with Crippen LogP contribution in [0.2, 0.25) is 5.02 Å². The number of amides is 2. The van der Waals surface area contributed by atoms with Crippen molar-refractivity contribution in [2.24, 2.45) is 0 Å². The molecule has 0 aliphatic carbocycles. The second kappa shape index (κ2) is 7.97. The van der Waals surface area contributed by atoms with Crippen molar-refractivity contribution in [3.8, 4) is 0 Å². The topological polar surface area (TPSA) is 62.3 Å². The minimum Gasteiger partial charge on any atom is -0.322 e. The van der Waals surface area contributed by atoms with Crippen LogP contribution in [0.25, 0.3) is 0 Å². The number of rotatable bonds is 4. The summed E-state index contributed by atoms with van der Waals surface area (Å²) in [6, 6.07) is 14.4. The average Bonchev–Trinajstić information content (AvgIpc) is 2.70. The standard InChI is InChI=1S/C20H15ClFN3O2/c1-25(16-5-3-2-4-6-16)20(27)14-9-13(11-23-12-14)19(26)24-15-7-8-18(22)17(21)10-15/h2-12H,1H3,(H,24,26). The van der Waals surface area contributed by atoms with E-state index >= 15 is 0 Å². The van der Waals surface area contributed by atoms with Gasteiger partial charge in [0.1, 0.15) is 5.82 Å². The summed E-state index contributed by atoms with van der Waals surface area (Å²) in [5, 5.41) is 2.50. The third kappa shape index (κ3) is 4.30. The lowest BCUT2D eigenvalue weighted by molar-refractivity contribution is 0.0992. The number of benzene rings is 2. The molecule has 0 unspecified atom stereocenters. The average molecular weight is 384 g/mol. The van der Waals surface area contributed by atoms with Gasteiger partial charge in [-0.2, -0.15) is 0 Å². The molecule has 0 radical (unpaired) electrons. The Morgan fingerprint density at radius 3 is 2.44 bits per heavy atom. The summed E-state index contributed by atoms with van der Waals surface area (Å²) in [7, 11) is 1.64. The van der Waals surface area contributed by atoms with E-state index in [0.717, 1.165) is 11.8 Å². The van der Waals surface area contributed by atoms with Gasteiger partial charge < -0.3 is 10.2 Å². The number of hydrogen-bond donors (Lipinski definition) is 1. The van der Waals surface area contributed by atoms with Gasteiger partial charge in [0.05, 0.1) is 16.1 Å². The van der Waals surface area contributed by atoms with E-state index in [4.69, 9.17) is 11.6 Å². The highest BCUT2D eigenvalue weighted by Crippen LogP contribution is 2.20. The molecule has 7 heteroatoms. The SMILES string of the molecule is CN(C(=O)c1cncc(C(=O)Nc2ccc(F)c(Cl)c2)c1)c1ccccc1. The van der Waals surface area contributed by atoms with Crippen molar-refractivity contribution in [2.75, 3.05) is 17.3 Å². The molecule has 1 heterocycles. The molecular weight excluding hydrogens is 369 g/mol. The number of para-hydroxylation sites is 1. The quantitative estimate of drug-likeness (QED) is 0.726. The molecular formula is C20H15ClFN3O2. The number of aromatic nitrogens is 1. The van der Waals surface area contributed by atoms with E-state index in [2.05, 4.69) is 10.3 Å². The van der Waals surface area contributed by atoms with E-state index < -0.39 is 11.7 Å². The smallest absolute Gasteiger partial charge is 0.259 e. The molecule has 0 aliphatic heterocycles. The van der Waals surface area contributed by atoms with Gasteiger partial charge >= 0.3 is 0 Å². The van der Waals surface area contributed by atoms with Crippen molar-refractivity contribution in [3.63, 3.8) is 0 Å². The number of nitrogens with one attached hydrogen (secondary N) is 1. The molecule has 136 valence electrons. The Balaban J connectivity index is 1.79. The van der Waals surface area contributed by atoms with Crippen molar-refractivity contribution < 1.29 is 14.0 Å². The zero-order valence-electron chi connectivity index (χ0n) is 14.3. The van der Waals surface area contributed by atoms with Crippen molar-refractivity contribution in [1.82, 2.24) is 4.98 Å². The van der Waals surface area contributed by atoms with Gasteiger partial charge in [-0.15, -0.1) is 0 Å². The largest absolute Gasteiger partial charge is 0.322 e. The molecule has 2 aromatic carbocycles. The van der Waals surface area contributed by atoms with Crippen LogP contribution in [0, 0.1) is 5.82 Å². The fourth-order valence-corrected chi connectivity index (χ4v) is 2.60. The van der Waals surface area contributed by atoms with Crippen LogP contribution in [-0.2, 0) is 0 Å². The lowest BCUT2D eigenvalue weighted by atomic mass is 10.1. The van der Waals surface area contributed by atoms with Gasteiger partial charge in [-0.25, -0.2) is 4.39 Å². The molecule has 27 heavy (non-hydrogen) atoms. The summed E-state index contributed by atoms with van der Waals surface area (Å²) in [5.41, 5.74) is 1.52. The highest BCUT2D eigenvalue weighted by atomic mass is 35.5. The van der Waals surface area contributed by atoms with Crippen LogP contribution in [0.1, 0.15) is 20.7 Å². The first-order valence-corrected chi connectivity index (χ1v) is 8.38. The maximum atomic E-state index is 13.2. The second-order valence-corrected chi connectivity index (χ2v) is 6.15. The predicted molar refractivity (Wildman–Crippen MR) is 103 cm³/mol. The number of halogens is 2. The van der Waals surface area contributed by atoms with Crippen LogP contribution in [0.3, 0.4) is 0 Å². The molecule has 3 aromatic rings. The lowest BCUT2D eigenvalue weighted by Crippen LogP contribution is -2.26. The number of hydrogen-bond acceptors (Lipinski definition) is 3. The van der Waals surface area contributed by atoms with Crippen LogP contribution in [-0.4, -0.2) is 23.8 Å². The van der Waals surface area contributed by atoms with E-state index in [1.165, 1.54) is 35.5 Å².